The summed E-state index contributed by atoms with van der Waals surface area (Å²) < 4.78 is 5.48. The van der Waals surface area contributed by atoms with Crippen molar-refractivity contribution in [2.24, 2.45) is 0 Å². The van der Waals surface area contributed by atoms with E-state index >= 15 is 0 Å². The molecule has 0 spiro atoms. The first kappa shape index (κ1) is 13.2. The number of nitrogens with zero attached hydrogens (tertiary/aromatic N) is 1. The van der Waals surface area contributed by atoms with Gasteiger partial charge in [-0.05, 0) is 43.5 Å². The van der Waals surface area contributed by atoms with E-state index in [1.807, 2.05) is 4.90 Å². The quantitative estimate of drug-likeness (QED) is 0.839. The summed E-state index contributed by atoms with van der Waals surface area (Å²) in [5.41, 5.74) is 0. The van der Waals surface area contributed by atoms with Gasteiger partial charge in [0.15, 0.2) is 6.61 Å². The highest BCUT2D eigenvalue weighted by Crippen LogP contribution is 2.20. The van der Waals surface area contributed by atoms with Crippen molar-refractivity contribution >= 4 is 17.5 Å². The first-order chi connectivity index (χ1) is 8.70. The van der Waals surface area contributed by atoms with Crippen LogP contribution in [0, 0.1) is 0 Å². The van der Waals surface area contributed by atoms with Gasteiger partial charge in [-0.25, -0.2) is 0 Å². The summed E-state index contributed by atoms with van der Waals surface area (Å²) in [5, 5.41) is 0.666. The van der Waals surface area contributed by atoms with E-state index in [9.17, 15) is 4.79 Å². The van der Waals surface area contributed by atoms with Crippen LogP contribution in [0.15, 0.2) is 24.3 Å². The number of carbonyl (C=O) groups excluding carboxylic acids is 1. The second-order valence-corrected chi connectivity index (χ2v) is 4.97. The predicted octanol–water partition coefficient (Wildman–Crippen LogP) is 3.12. The lowest BCUT2D eigenvalue weighted by molar-refractivity contribution is -0.134. The minimum atomic E-state index is 0.0781. The lowest BCUT2D eigenvalue weighted by Crippen LogP contribution is -2.38. The van der Waals surface area contributed by atoms with Crippen molar-refractivity contribution in [1.82, 2.24) is 4.90 Å². The highest BCUT2D eigenvalue weighted by Gasteiger charge is 2.27. The molecule has 0 saturated carbocycles. The smallest absolute Gasteiger partial charge is 0.260 e. The van der Waals surface area contributed by atoms with E-state index in [0.29, 0.717) is 16.8 Å². The Hall–Kier alpha value is -1.22. The summed E-state index contributed by atoms with van der Waals surface area (Å²) in [6.07, 6.45) is 3.24. The van der Waals surface area contributed by atoms with E-state index in [1.54, 1.807) is 24.3 Å². The Morgan fingerprint density at radius 3 is 2.83 bits per heavy atom. The van der Waals surface area contributed by atoms with Gasteiger partial charge < -0.3 is 9.64 Å². The molecule has 0 radical (unpaired) electrons. The second kappa shape index (κ2) is 6.10. The number of rotatable bonds is 4. The first-order valence-corrected chi connectivity index (χ1v) is 6.76. The fraction of sp³-hybridized carbons (Fsp3) is 0.500. The summed E-state index contributed by atoms with van der Waals surface area (Å²) in [5.74, 6) is 0.759. The molecule has 1 heterocycles. The molecule has 4 heteroatoms. The molecule has 1 unspecified atom stereocenters. The number of amides is 1. The van der Waals surface area contributed by atoms with Gasteiger partial charge in [0.2, 0.25) is 0 Å². The molecule has 1 aromatic carbocycles. The van der Waals surface area contributed by atoms with Crippen LogP contribution in [0.1, 0.15) is 26.2 Å². The van der Waals surface area contributed by atoms with Gasteiger partial charge in [0.05, 0.1) is 0 Å². The SMILES string of the molecule is CCC1CCCN1C(=O)COc1ccc(Cl)cc1. The Balaban J connectivity index is 1.86. The predicted molar refractivity (Wildman–Crippen MR) is 72.0 cm³/mol. The van der Waals surface area contributed by atoms with Crippen LogP contribution in [0.3, 0.4) is 0 Å². The number of hydrogen-bond donors (Lipinski definition) is 0. The van der Waals surface area contributed by atoms with Crippen molar-refractivity contribution in [3.05, 3.63) is 29.3 Å². The molecule has 0 aliphatic carbocycles. The first-order valence-electron chi connectivity index (χ1n) is 6.38. The largest absolute Gasteiger partial charge is 0.484 e. The van der Waals surface area contributed by atoms with Crippen molar-refractivity contribution in [3.63, 3.8) is 0 Å². The van der Waals surface area contributed by atoms with Gasteiger partial charge in [0, 0.05) is 17.6 Å². The van der Waals surface area contributed by atoms with Crippen LogP contribution in [0.5, 0.6) is 5.75 Å². The minimum Gasteiger partial charge on any atom is -0.484 e. The molecule has 98 valence electrons. The number of hydrogen-bond acceptors (Lipinski definition) is 2. The van der Waals surface area contributed by atoms with Crippen molar-refractivity contribution in [2.45, 2.75) is 32.2 Å². The van der Waals surface area contributed by atoms with Crippen molar-refractivity contribution < 1.29 is 9.53 Å². The second-order valence-electron chi connectivity index (χ2n) is 4.53. The maximum Gasteiger partial charge on any atom is 0.260 e. The number of benzene rings is 1. The molecule has 1 amide bonds. The van der Waals surface area contributed by atoms with Crippen LogP contribution >= 0.6 is 11.6 Å². The molecule has 1 atom stereocenters. The number of halogens is 1. The Morgan fingerprint density at radius 2 is 2.17 bits per heavy atom. The number of carbonyl (C=O) groups is 1. The summed E-state index contributed by atoms with van der Waals surface area (Å²) in [7, 11) is 0. The topological polar surface area (TPSA) is 29.5 Å². The maximum absolute atomic E-state index is 12.0. The van der Waals surface area contributed by atoms with E-state index in [1.165, 1.54) is 0 Å². The molecular weight excluding hydrogens is 250 g/mol. The third-order valence-electron chi connectivity index (χ3n) is 3.34. The Bertz CT molecular complexity index is 405. The molecule has 18 heavy (non-hydrogen) atoms. The molecular formula is C14H18ClNO2. The summed E-state index contributed by atoms with van der Waals surface area (Å²) in [6.45, 7) is 3.09. The lowest BCUT2D eigenvalue weighted by atomic mass is 10.2. The molecule has 0 aromatic heterocycles. The highest BCUT2D eigenvalue weighted by atomic mass is 35.5. The fourth-order valence-electron chi connectivity index (χ4n) is 2.35. The van der Waals surface area contributed by atoms with Gasteiger partial charge in [-0.15, -0.1) is 0 Å². The zero-order valence-electron chi connectivity index (χ0n) is 10.6. The Kier molecular flexibility index (Phi) is 4.48. The van der Waals surface area contributed by atoms with Gasteiger partial charge in [0.1, 0.15) is 5.75 Å². The standard InChI is InChI=1S/C14H18ClNO2/c1-2-12-4-3-9-16(12)14(17)10-18-13-7-5-11(15)6-8-13/h5-8,12H,2-4,9-10H2,1H3. The van der Waals surface area contributed by atoms with Gasteiger partial charge in [-0.2, -0.15) is 0 Å². The molecule has 1 fully saturated rings. The average molecular weight is 268 g/mol. The van der Waals surface area contributed by atoms with E-state index in [-0.39, 0.29) is 12.5 Å². The van der Waals surface area contributed by atoms with Crippen LogP contribution in [0.25, 0.3) is 0 Å². The normalized spacial score (nSPS) is 19.0. The monoisotopic (exact) mass is 267 g/mol. The van der Waals surface area contributed by atoms with Gasteiger partial charge >= 0.3 is 0 Å². The zero-order valence-corrected chi connectivity index (χ0v) is 11.3. The zero-order chi connectivity index (χ0) is 13.0. The third kappa shape index (κ3) is 3.16. The highest BCUT2D eigenvalue weighted by molar-refractivity contribution is 6.30. The lowest BCUT2D eigenvalue weighted by Gasteiger charge is -2.23. The van der Waals surface area contributed by atoms with E-state index in [4.69, 9.17) is 16.3 Å². The minimum absolute atomic E-state index is 0.0781. The van der Waals surface area contributed by atoms with E-state index in [2.05, 4.69) is 6.92 Å². The maximum atomic E-state index is 12.0. The molecule has 1 aliphatic heterocycles. The van der Waals surface area contributed by atoms with Gasteiger partial charge in [-0.3, -0.25) is 4.79 Å². The number of likely N-dealkylation sites (tertiary alicyclic amines) is 1. The molecule has 2 rings (SSSR count). The summed E-state index contributed by atoms with van der Waals surface area (Å²) in [4.78, 5) is 14.0. The van der Waals surface area contributed by atoms with Crippen molar-refractivity contribution in [2.75, 3.05) is 13.2 Å². The fourth-order valence-corrected chi connectivity index (χ4v) is 2.47. The summed E-state index contributed by atoms with van der Waals surface area (Å²) >= 11 is 5.79. The third-order valence-corrected chi connectivity index (χ3v) is 3.60. The molecule has 0 N–H and O–H groups in total. The van der Waals surface area contributed by atoms with Crippen LogP contribution < -0.4 is 4.74 Å². The molecule has 3 nitrogen and oxygen atoms in total. The van der Waals surface area contributed by atoms with Gasteiger partial charge in [-0.1, -0.05) is 18.5 Å². The van der Waals surface area contributed by atoms with Crippen LogP contribution in [0.4, 0.5) is 0 Å². The summed E-state index contributed by atoms with van der Waals surface area (Å²) in [6, 6.07) is 7.46. The molecule has 1 aliphatic rings. The van der Waals surface area contributed by atoms with E-state index in [0.717, 1.165) is 25.8 Å². The van der Waals surface area contributed by atoms with E-state index < -0.39 is 0 Å². The van der Waals surface area contributed by atoms with Crippen molar-refractivity contribution in [1.29, 1.82) is 0 Å². The van der Waals surface area contributed by atoms with Crippen LogP contribution in [-0.2, 0) is 4.79 Å². The van der Waals surface area contributed by atoms with Gasteiger partial charge in [0.25, 0.3) is 5.91 Å². The van der Waals surface area contributed by atoms with Crippen LogP contribution in [-0.4, -0.2) is 30.0 Å². The molecule has 1 saturated heterocycles. The van der Waals surface area contributed by atoms with Crippen LogP contribution in [0.2, 0.25) is 5.02 Å². The molecule has 1 aromatic rings. The molecule has 0 bridgehead atoms. The Labute approximate surface area is 113 Å². The average Bonchev–Trinajstić information content (AvgIpc) is 2.86. The number of ether oxygens (including phenoxy) is 1. The Morgan fingerprint density at radius 1 is 1.44 bits per heavy atom. The van der Waals surface area contributed by atoms with Crippen molar-refractivity contribution in [3.8, 4) is 5.75 Å².